The van der Waals surface area contributed by atoms with Crippen molar-refractivity contribution in [1.29, 1.82) is 0 Å². The number of aryl methyl sites for hydroxylation is 3. The third kappa shape index (κ3) is 9.05. The van der Waals surface area contributed by atoms with E-state index in [0.29, 0.717) is 5.56 Å². The molecule has 2 aliphatic rings. The average molecular weight is 1040 g/mol. The van der Waals surface area contributed by atoms with E-state index in [0.717, 1.165) is 28.7 Å². The average Bonchev–Trinajstić information content (AvgIpc) is 4.13. The fraction of sp³-hybridized carbons (Fsp3) is 0.311. The highest BCUT2D eigenvalue weighted by molar-refractivity contribution is 6.08. The Hall–Kier alpha value is -8.53. The number of nitrogens with one attached hydrogen (secondary N) is 4. The van der Waals surface area contributed by atoms with Crippen molar-refractivity contribution in [1.82, 2.24) is 64.1 Å². The first-order chi connectivity index (χ1) is 34.8. The minimum atomic E-state index is -5.72. The third-order valence-corrected chi connectivity index (χ3v) is 12.5. The minimum Gasteiger partial charge on any atom is -0.309 e. The second-order valence-corrected chi connectivity index (χ2v) is 17.5. The minimum absolute atomic E-state index is 0.0162. The first-order valence-corrected chi connectivity index (χ1v) is 21.9. The van der Waals surface area contributed by atoms with Crippen LogP contribution in [-0.4, -0.2) is 94.2 Å². The molecule has 0 aliphatic carbocycles. The Morgan fingerprint density at radius 2 is 1.15 bits per heavy atom. The first-order valence-electron chi connectivity index (χ1n) is 21.9. The fourth-order valence-corrected chi connectivity index (χ4v) is 8.45. The van der Waals surface area contributed by atoms with Crippen molar-refractivity contribution in [3.63, 3.8) is 0 Å². The van der Waals surface area contributed by atoms with Crippen molar-refractivity contribution in [3.8, 4) is 23.0 Å². The van der Waals surface area contributed by atoms with Crippen LogP contribution in [0.4, 0.5) is 55.5 Å². The van der Waals surface area contributed by atoms with Crippen LogP contribution in [0.3, 0.4) is 0 Å². The molecule has 1 aromatic carbocycles. The van der Waals surface area contributed by atoms with Gasteiger partial charge in [-0.1, -0.05) is 29.8 Å². The Bertz CT molecular complexity index is 3630. The van der Waals surface area contributed by atoms with Crippen LogP contribution in [0.1, 0.15) is 84.4 Å². The number of benzene rings is 1. The first kappa shape index (κ1) is 50.4. The number of alkyl halides is 10. The third-order valence-electron chi connectivity index (χ3n) is 12.5. The SMILES string of the molecule is CC1(c2ccc(C(F)F)cn2)C(=O)Nc2nc(-c3cn4ncnc4c(CCCC(F)(F)F)n3)[nH]c(=O)c21.Cc1ccc([C@]2(C)C(=O)Nc3nc(-c4cn5ncnc5c(CCC(F)(F)C(F)(F)F)n4)[nH]c(=O)c32)cc1. The highest BCUT2D eigenvalue weighted by Gasteiger charge is 2.57. The lowest BCUT2D eigenvalue weighted by Crippen LogP contribution is -2.37. The zero-order valence-electron chi connectivity index (χ0n) is 38.3. The van der Waals surface area contributed by atoms with Gasteiger partial charge in [-0.2, -0.15) is 45.3 Å². The van der Waals surface area contributed by atoms with Crippen molar-refractivity contribution in [3.05, 3.63) is 133 Å². The molecule has 0 spiro atoms. The number of anilines is 2. The standard InChI is InChI=1S/C23H18F5N7O2.C22H17F5N8O2/c1-11-3-5-12(6-4-11)21(2)15-17(34-20(21)37)32-16(33-19(15)36)14-9-35-18(29-10-30-35)13(31-14)7-8-22(24,25)23(26,27)28;1-21(13-5-4-10(7-28-13)15(23)24)14-17(34-20(21)37)32-16(33-19(14)36)12-8-35-18(29-9-30-35)11(31-12)3-2-6-22(25,26)27/h3-6,9-10H,7-8H2,1-2H3,(H2,32,33,34,36,37);4-5,7-9,15H,2-3,6H2,1H3,(H2,32,33,34,36,37)/t21-;/m0./s1. The van der Waals surface area contributed by atoms with Gasteiger partial charge in [0.15, 0.2) is 22.9 Å². The molecular formula is C45H35F10N15O4. The smallest absolute Gasteiger partial charge is 0.309 e. The summed E-state index contributed by atoms with van der Waals surface area (Å²) in [5.74, 6) is -6.35. The van der Waals surface area contributed by atoms with Crippen LogP contribution in [0, 0.1) is 6.92 Å². The predicted octanol–water partition coefficient (Wildman–Crippen LogP) is 6.92. The van der Waals surface area contributed by atoms with E-state index < -0.39 is 77.7 Å². The second kappa shape index (κ2) is 18.2. The van der Waals surface area contributed by atoms with Crippen molar-refractivity contribution in [2.24, 2.45) is 0 Å². The molecule has 2 atom stereocenters. The highest BCUT2D eigenvalue weighted by Crippen LogP contribution is 2.42. The Labute approximate surface area is 407 Å². The zero-order valence-corrected chi connectivity index (χ0v) is 38.3. The molecular weight excluding hydrogens is 1000 g/mol. The number of halogens is 10. The summed E-state index contributed by atoms with van der Waals surface area (Å²) in [5.41, 5.74) is -2.74. The second-order valence-electron chi connectivity index (χ2n) is 17.5. The van der Waals surface area contributed by atoms with Gasteiger partial charge >= 0.3 is 18.3 Å². The van der Waals surface area contributed by atoms with E-state index in [4.69, 9.17) is 0 Å². The molecule has 0 saturated carbocycles. The quantitative estimate of drug-likeness (QED) is 0.0962. The summed E-state index contributed by atoms with van der Waals surface area (Å²) in [4.78, 5) is 86.4. The van der Waals surface area contributed by atoms with Gasteiger partial charge in [0.2, 0.25) is 11.8 Å². The predicted molar refractivity (Wildman–Crippen MR) is 238 cm³/mol. The van der Waals surface area contributed by atoms with Crippen LogP contribution >= 0.6 is 0 Å². The lowest BCUT2D eigenvalue weighted by atomic mass is 9.78. The number of pyridine rings is 1. The van der Waals surface area contributed by atoms with Gasteiger partial charge in [0.1, 0.15) is 46.5 Å². The number of aromatic amines is 2. The van der Waals surface area contributed by atoms with Crippen molar-refractivity contribution >= 4 is 34.7 Å². The van der Waals surface area contributed by atoms with Crippen LogP contribution in [-0.2, 0) is 33.3 Å². The number of amides is 2. The largest absolute Gasteiger partial charge is 0.453 e. The van der Waals surface area contributed by atoms with E-state index in [9.17, 15) is 63.1 Å². The molecule has 7 aromatic heterocycles. The van der Waals surface area contributed by atoms with Crippen LogP contribution in [0.25, 0.3) is 34.3 Å². The number of fused-ring (bicyclic) bond motifs is 4. The molecule has 8 aromatic rings. The van der Waals surface area contributed by atoms with Gasteiger partial charge < -0.3 is 20.6 Å². The Balaban J connectivity index is 0.000000182. The van der Waals surface area contributed by atoms with E-state index >= 15 is 0 Å². The maximum Gasteiger partial charge on any atom is 0.453 e. The van der Waals surface area contributed by atoms with E-state index in [2.05, 4.69) is 65.7 Å². The van der Waals surface area contributed by atoms with E-state index in [-0.39, 0.29) is 92.6 Å². The van der Waals surface area contributed by atoms with Crippen molar-refractivity contribution in [2.45, 2.75) is 88.4 Å². The van der Waals surface area contributed by atoms with E-state index in [1.807, 2.05) is 19.1 Å². The molecule has 0 radical (unpaired) electrons. The monoisotopic (exact) mass is 1040 g/mol. The molecule has 29 heteroatoms. The number of hydrogen-bond acceptors (Lipinski definition) is 13. The van der Waals surface area contributed by atoms with Crippen molar-refractivity contribution < 1.29 is 53.5 Å². The molecule has 2 aliphatic heterocycles. The van der Waals surface area contributed by atoms with Crippen LogP contribution in [0.2, 0.25) is 0 Å². The van der Waals surface area contributed by atoms with Gasteiger partial charge in [-0.3, -0.25) is 24.2 Å². The van der Waals surface area contributed by atoms with E-state index in [1.165, 1.54) is 36.2 Å². The Morgan fingerprint density at radius 1 is 0.635 bits per heavy atom. The molecule has 1 unspecified atom stereocenters. The Kier molecular flexibility index (Phi) is 12.4. The Morgan fingerprint density at radius 3 is 1.64 bits per heavy atom. The van der Waals surface area contributed by atoms with Gasteiger partial charge in [-0.05, 0) is 57.7 Å². The molecule has 2 amide bonds. The number of nitrogens with zero attached hydrogens (tertiary/aromatic N) is 11. The number of aromatic nitrogens is 13. The summed E-state index contributed by atoms with van der Waals surface area (Å²) >= 11 is 0. The lowest BCUT2D eigenvalue weighted by molar-refractivity contribution is -0.284. The molecule has 10 rings (SSSR count). The number of rotatable bonds is 11. The lowest BCUT2D eigenvalue weighted by Gasteiger charge is -2.22. The number of carbonyl (C=O) groups is 2. The summed E-state index contributed by atoms with van der Waals surface area (Å²) in [6.45, 7) is 4.90. The molecule has 9 heterocycles. The van der Waals surface area contributed by atoms with E-state index in [1.54, 1.807) is 19.1 Å². The molecule has 19 nitrogen and oxygen atoms in total. The summed E-state index contributed by atoms with van der Waals surface area (Å²) in [5, 5.41) is 13.0. The van der Waals surface area contributed by atoms with Crippen molar-refractivity contribution in [2.75, 3.05) is 10.6 Å². The molecule has 384 valence electrons. The maximum atomic E-state index is 13.5. The number of carbonyl (C=O) groups excluding carboxylic acids is 2. The summed E-state index contributed by atoms with van der Waals surface area (Å²) < 4.78 is 131. The topological polar surface area (TPSA) is 249 Å². The van der Waals surface area contributed by atoms with Gasteiger partial charge in [0.25, 0.3) is 17.5 Å². The van der Waals surface area contributed by atoms with Gasteiger partial charge in [0, 0.05) is 24.6 Å². The maximum absolute atomic E-state index is 13.5. The summed E-state index contributed by atoms with van der Waals surface area (Å²) in [7, 11) is 0. The highest BCUT2D eigenvalue weighted by atomic mass is 19.4. The molecule has 0 bridgehead atoms. The van der Waals surface area contributed by atoms with Gasteiger partial charge in [-0.25, -0.2) is 47.7 Å². The van der Waals surface area contributed by atoms with Gasteiger partial charge in [0.05, 0.1) is 40.6 Å². The molecule has 0 saturated heterocycles. The summed E-state index contributed by atoms with van der Waals surface area (Å²) in [6, 6.07) is 9.46. The normalized spacial score (nSPS) is 17.6. The van der Waals surface area contributed by atoms with Crippen LogP contribution in [0.5, 0.6) is 0 Å². The zero-order chi connectivity index (χ0) is 53.3. The number of hydrogen-bond donors (Lipinski definition) is 4. The molecule has 4 N–H and O–H groups in total. The van der Waals surface area contributed by atoms with Gasteiger partial charge in [-0.15, -0.1) is 0 Å². The van der Waals surface area contributed by atoms with Crippen LogP contribution in [0.15, 0.2) is 77.2 Å². The van der Waals surface area contributed by atoms with Crippen LogP contribution < -0.4 is 21.8 Å². The summed E-state index contributed by atoms with van der Waals surface area (Å²) in [6.07, 6.45) is -10.5. The molecule has 74 heavy (non-hydrogen) atoms. The molecule has 0 fully saturated rings. The number of H-pyrrole nitrogens is 2. The fourth-order valence-electron chi connectivity index (χ4n) is 8.45.